The summed E-state index contributed by atoms with van der Waals surface area (Å²) in [5.41, 5.74) is 4.61. The zero-order chi connectivity index (χ0) is 18.8. The zero-order valence-corrected chi connectivity index (χ0v) is 16.0. The molecular weight excluding hydrogens is 338 g/mol. The van der Waals surface area contributed by atoms with Crippen LogP contribution in [0.4, 0.5) is 0 Å². The van der Waals surface area contributed by atoms with Crippen LogP contribution in [0.1, 0.15) is 38.2 Å². The van der Waals surface area contributed by atoms with Gasteiger partial charge in [0.05, 0.1) is 17.6 Å². The molecule has 134 valence electrons. The monoisotopic (exact) mass is 361 g/mol. The maximum atomic E-state index is 12.8. The van der Waals surface area contributed by atoms with Crippen molar-refractivity contribution in [3.05, 3.63) is 63.7 Å². The van der Waals surface area contributed by atoms with Crippen LogP contribution < -0.4 is 4.72 Å². The SMILES string of the molecule is COC(=O)c1ccc(CNS(=O)(=O)c2c(C)c(C)cc(C)c2C)cc1. The number of rotatable bonds is 5. The van der Waals surface area contributed by atoms with Gasteiger partial charge in [-0.2, -0.15) is 0 Å². The summed E-state index contributed by atoms with van der Waals surface area (Å²) >= 11 is 0. The van der Waals surface area contributed by atoms with E-state index >= 15 is 0 Å². The smallest absolute Gasteiger partial charge is 0.337 e. The lowest BCUT2D eigenvalue weighted by atomic mass is 10.0. The number of hydrogen-bond acceptors (Lipinski definition) is 4. The molecule has 0 spiro atoms. The third kappa shape index (κ3) is 4.08. The van der Waals surface area contributed by atoms with Crippen molar-refractivity contribution in [3.8, 4) is 0 Å². The van der Waals surface area contributed by atoms with E-state index in [2.05, 4.69) is 9.46 Å². The number of benzene rings is 2. The zero-order valence-electron chi connectivity index (χ0n) is 15.1. The number of ether oxygens (including phenoxy) is 1. The van der Waals surface area contributed by atoms with Crippen molar-refractivity contribution >= 4 is 16.0 Å². The molecule has 0 aliphatic carbocycles. The summed E-state index contributed by atoms with van der Waals surface area (Å²) in [7, 11) is -2.32. The third-order valence-corrected chi connectivity index (χ3v) is 6.08. The minimum Gasteiger partial charge on any atom is -0.465 e. The molecule has 0 saturated heterocycles. The van der Waals surface area contributed by atoms with E-state index in [1.165, 1.54) is 7.11 Å². The number of aryl methyl sites for hydroxylation is 2. The van der Waals surface area contributed by atoms with Gasteiger partial charge in [0.25, 0.3) is 0 Å². The first-order valence-electron chi connectivity index (χ1n) is 7.91. The second-order valence-electron chi connectivity index (χ2n) is 6.10. The highest BCUT2D eigenvalue weighted by molar-refractivity contribution is 7.89. The van der Waals surface area contributed by atoms with Crippen LogP contribution in [0.25, 0.3) is 0 Å². The third-order valence-electron chi connectivity index (χ3n) is 4.41. The summed E-state index contributed by atoms with van der Waals surface area (Å²) in [6.45, 7) is 7.61. The number of methoxy groups -OCH3 is 1. The topological polar surface area (TPSA) is 72.5 Å². The van der Waals surface area contributed by atoms with Crippen LogP contribution in [0.3, 0.4) is 0 Å². The van der Waals surface area contributed by atoms with Crippen molar-refractivity contribution in [1.82, 2.24) is 4.72 Å². The minimum atomic E-state index is -3.64. The minimum absolute atomic E-state index is 0.148. The van der Waals surface area contributed by atoms with Crippen molar-refractivity contribution in [2.75, 3.05) is 7.11 Å². The first-order valence-corrected chi connectivity index (χ1v) is 9.40. The maximum Gasteiger partial charge on any atom is 0.337 e. The molecule has 0 aliphatic rings. The van der Waals surface area contributed by atoms with E-state index in [9.17, 15) is 13.2 Å². The molecule has 0 atom stereocenters. The van der Waals surface area contributed by atoms with Gasteiger partial charge < -0.3 is 4.74 Å². The van der Waals surface area contributed by atoms with E-state index < -0.39 is 16.0 Å². The molecule has 2 aromatic rings. The average Bonchev–Trinajstić information content (AvgIpc) is 2.58. The van der Waals surface area contributed by atoms with E-state index in [0.717, 1.165) is 27.8 Å². The first kappa shape index (κ1) is 19.1. The quantitative estimate of drug-likeness (QED) is 0.830. The molecule has 0 fully saturated rings. The van der Waals surface area contributed by atoms with Gasteiger partial charge in [0.1, 0.15) is 0 Å². The van der Waals surface area contributed by atoms with E-state index in [1.54, 1.807) is 24.3 Å². The lowest BCUT2D eigenvalue weighted by Crippen LogP contribution is -2.25. The van der Waals surface area contributed by atoms with Crippen LogP contribution in [0.5, 0.6) is 0 Å². The van der Waals surface area contributed by atoms with Crippen molar-refractivity contribution in [3.63, 3.8) is 0 Å². The normalized spacial score (nSPS) is 11.4. The highest BCUT2D eigenvalue weighted by Crippen LogP contribution is 2.26. The number of nitrogens with one attached hydrogen (secondary N) is 1. The molecule has 2 rings (SSSR count). The lowest BCUT2D eigenvalue weighted by molar-refractivity contribution is 0.0600. The summed E-state index contributed by atoms with van der Waals surface area (Å²) in [5.74, 6) is -0.423. The van der Waals surface area contributed by atoms with Crippen LogP contribution in [-0.2, 0) is 21.3 Å². The Bertz CT molecular complexity index is 874. The lowest BCUT2D eigenvalue weighted by Gasteiger charge is -2.16. The highest BCUT2D eigenvalue weighted by atomic mass is 32.2. The molecular formula is C19H23NO4S. The fraction of sp³-hybridized carbons (Fsp3) is 0.316. The van der Waals surface area contributed by atoms with E-state index in [1.807, 2.05) is 33.8 Å². The molecule has 6 heteroatoms. The van der Waals surface area contributed by atoms with Gasteiger partial charge in [0, 0.05) is 6.54 Å². The Morgan fingerprint density at radius 2 is 1.52 bits per heavy atom. The highest BCUT2D eigenvalue weighted by Gasteiger charge is 2.21. The van der Waals surface area contributed by atoms with E-state index in [-0.39, 0.29) is 6.54 Å². The first-order chi connectivity index (χ1) is 11.7. The summed E-state index contributed by atoms with van der Waals surface area (Å²) in [5, 5.41) is 0. The van der Waals surface area contributed by atoms with Crippen LogP contribution in [-0.4, -0.2) is 21.5 Å². The Morgan fingerprint density at radius 1 is 1.00 bits per heavy atom. The molecule has 5 nitrogen and oxygen atoms in total. The summed E-state index contributed by atoms with van der Waals surface area (Å²) < 4.78 is 32.9. The fourth-order valence-electron chi connectivity index (χ4n) is 2.71. The Labute approximate surface area is 149 Å². The molecule has 0 saturated carbocycles. The van der Waals surface area contributed by atoms with Crippen molar-refractivity contribution < 1.29 is 17.9 Å². The number of carbonyl (C=O) groups excluding carboxylic acids is 1. The van der Waals surface area contributed by atoms with Gasteiger partial charge in [-0.1, -0.05) is 18.2 Å². The molecule has 1 N–H and O–H groups in total. The Hall–Kier alpha value is -2.18. The summed E-state index contributed by atoms with van der Waals surface area (Å²) in [4.78, 5) is 11.8. The van der Waals surface area contributed by atoms with Crippen LogP contribution in [0.15, 0.2) is 35.2 Å². The number of sulfonamides is 1. The van der Waals surface area contributed by atoms with Crippen molar-refractivity contribution in [1.29, 1.82) is 0 Å². The van der Waals surface area contributed by atoms with Gasteiger partial charge in [0.15, 0.2) is 0 Å². The Balaban J connectivity index is 2.25. The van der Waals surface area contributed by atoms with E-state index in [4.69, 9.17) is 0 Å². The van der Waals surface area contributed by atoms with Crippen LogP contribution in [0, 0.1) is 27.7 Å². The van der Waals surface area contributed by atoms with Crippen molar-refractivity contribution in [2.45, 2.75) is 39.1 Å². The molecule has 0 bridgehead atoms. The van der Waals surface area contributed by atoms with Gasteiger partial charge in [-0.25, -0.2) is 17.9 Å². The van der Waals surface area contributed by atoms with Gasteiger partial charge >= 0.3 is 5.97 Å². The predicted molar refractivity (Wildman–Crippen MR) is 97.2 cm³/mol. The molecule has 0 aromatic heterocycles. The van der Waals surface area contributed by atoms with E-state index in [0.29, 0.717) is 10.5 Å². The predicted octanol–water partition coefficient (Wildman–Crippen LogP) is 3.19. The molecule has 0 heterocycles. The van der Waals surface area contributed by atoms with Gasteiger partial charge in [0.2, 0.25) is 10.0 Å². The van der Waals surface area contributed by atoms with Gasteiger partial charge in [-0.3, -0.25) is 0 Å². The number of hydrogen-bond donors (Lipinski definition) is 1. The second kappa shape index (κ2) is 7.37. The number of carbonyl (C=O) groups is 1. The molecule has 0 aliphatic heterocycles. The second-order valence-corrected chi connectivity index (χ2v) is 7.81. The molecule has 2 aromatic carbocycles. The Morgan fingerprint density at radius 3 is 2.00 bits per heavy atom. The molecule has 0 amide bonds. The van der Waals surface area contributed by atoms with Crippen LogP contribution in [0.2, 0.25) is 0 Å². The average molecular weight is 361 g/mol. The van der Waals surface area contributed by atoms with Crippen molar-refractivity contribution in [2.24, 2.45) is 0 Å². The largest absolute Gasteiger partial charge is 0.465 e. The Kier molecular flexibility index (Phi) is 5.65. The molecule has 0 unspecified atom stereocenters. The fourth-order valence-corrected chi connectivity index (χ4v) is 4.34. The van der Waals surface area contributed by atoms with Gasteiger partial charge in [-0.15, -0.1) is 0 Å². The number of esters is 1. The molecule has 0 radical (unpaired) electrons. The summed E-state index contributed by atoms with van der Waals surface area (Å²) in [6.07, 6.45) is 0. The maximum absolute atomic E-state index is 12.8. The van der Waals surface area contributed by atoms with Gasteiger partial charge in [-0.05, 0) is 67.6 Å². The standard InChI is InChI=1S/C19H23NO4S/c1-12-10-13(2)15(4)18(14(12)3)25(22,23)20-11-16-6-8-17(9-7-16)19(21)24-5/h6-10,20H,11H2,1-5H3. The summed E-state index contributed by atoms with van der Waals surface area (Å²) in [6, 6.07) is 8.63. The molecule has 25 heavy (non-hydrogen) atoms. The van der Waals surface area contributed by atoms with Crippen LogP contribution >= 0.6 is 0 Å².